The second-order valence-electron chi connectivity index (χ2n) is 6.55. The molecule has 1 aliphatic carbocycles. The van der Waals surface area contributed by atoms with Crippen LogP contribution in [-0.4, -0.2) is 47.8 Å². The molecule has 1 atom stereocenters. The highest BCUT2D eigenvalue weighted by atomic mass is 16.5. The Balaban J connectivity index is 1.82. The summed E-state index contributed by atoms with van der Waals surface area (Å²) in [6, 6.07) is 0. The first-order valence-electron chi connectivity index (χ1n) is 8.17. The third-order valence-corrected chi connectivity index (χ3v) is 5.12. The van der Waals surface area contributed by atoms with E-state index in [1.807, 2.05) is 0 Å². The van der Waals surface area contributed by atoms with Crippen LogP contribution >= 0.6 is 0 Å². The first kappa shape index (κ1) is 15.8. The number of carboxylic acid groups (broad SMARTS) is 1. The molecule has 0 bridgehead atoms. The molecule has 0 radical (unpaired) electrons. The third kappa shape index (κ3) is 4.19. The molecule has 116 valence electrons. The predicted molar refractivity (Wildman–Crippen MR) is 78.9 cm³/mol. The van der Waals surface area contributed by atoms with Crippen molar-refractivity contribution < 1.29 is 14.6 Å². The van der Waals surface area contributed by atoms with Crippen LogP contribution in [0.3, 0.4) is 0 Å². The van der Waals surface area contributed by atoms with Crippen LogP contribution in [0.5, 0.6) is 0 Å². The fourth-order valence-corrected chi connectivity index (χ4v) is 3.85. The zero-order valence-corrected chi connectivity index (χ0v) is 12.8. The second kappa shape index (κ2) is 7.41. The summed E-state index contributed by atoms with van der Waals surface area (Å²) in [5.41, 5.74) is -0.0966. The number of hydrogen-bond acceptors (Lipinski definition) is 3. The van der Waals surface area contributed by atoms with E-state index < -0.39 is 5.97 Å². The molecule has 1 heterocycles. The second-order valence-corrected chi connectivity index (χ2v) is 6.55. The topological polar surface area (TPSA) is 49.8 Å². The number of hydrogen-bond donors (Lipinski definition) is 1. The molecule has 1 saturated heterocycles. The summed E-state index contributed by atoms with van der Waals surface area (Å²) in [6.07, 6.45) is 11.0. The van der Waals surface area contributed by atoms with Crippen molar-refractivity contribution in [2.75, 3.05) is 20.2 Å². The minimum atomic E-state index is -0.655. The van der Waals surface area contributed by atoms with E-state index in [1.54, 1.807) is 0 Å². The summed E-state index contributed by atoms with van der Waals surface area (Å²) in [5, 5.41) is 9.23. The molecule has 0 aromatic rings. The Morgan fingerprint density at radius 2 is 2.05 bits per heavy atom. The van der Waals surface area contributed by atoms with Gasteiger partial charge in [-0.15, -0.1) is 0 Å². The standard InChI is InChI=1S/C16H29NO3/c1-17(11-5-7-14-8-6-12-20-14)16(13-15(18)19)9-3-2-4-10-16/h14H,2-13H2,1H3,(H,18,19). The highest BCUT2D eigenvalue weighted by Crippen LogP contribution is 2.36. The van der Waals surface area contributed by atoms with Crippen LogP contribution in [-0.2, 0) is 9.53 Å². The molecule has 0 aromatic heterocycles. The van der Waals surface area contributed by atoms with Gasteiger partial charge in [-0.3, -0.25) is 4.79 Å². The number of nitrogens with zero attached hydrogens (tertiary/aromatic N) is 1. The van der Waals surface area contributed by atoms with Crippen LogP contribution in [0.15, 0.2) is 0 Å². The maximum Gasteiger partial charge on any atom is 0.305 e. The Morgan fingerprint density at radius 3 is 2.65 bits per heavy atom. The Morgan fingerprint density at radius 1 is 1.30 bits per heavy atom. The maximum absolute atomic E-state index is 11.2. The molecule has 1 aliphatic heterocycles. The summed E-state index contributed by atoms with van der Waals surface area (Å²) in [5.74, 6) is -0.655. The fourth-order valence-electron chi connectivity index (χ4n) is 3.85. The zero-order valence-electron chi connectivity index (χ0n) is 12.8. The summed E-state index contributed by atoms with van der Waals surface area (Å²) >= 11 is 0. The summed E-state index contributed by atoms with van der Waals surface area (Å²) < 4.78 is 5.66. The lowest BCUT2D eigenvalue weighted by molar-refractivity contribution is -0.141. The predicted octanol–water partition coefficient (Wildman–Crippen LogP) is 3.06. The van der Waals surface area contributed by atoms with Gasteiger partial charge in [0.2, 0.25) is 0 Å². The van der Waals surface area contributed by atoms with E-state index in [9.17, 15) is 9.90 Å². The lowest BCUT2D eigenvalue weighted by Gasteiger charge is -2.44. The maximum atomic E-state index is 11.2. The van der Waals surface area contributed by atoms with Crippen LogP contribution in [0.25, 0.3) is 0 Å². The van der Waals surface area contributed by atoms with Gasteiger partial charge in [0.05, 0.1) is 12.5 Å². The van der Waals surface area contributed by atoms with E-state index in [4.69, 9.17) is 4.74 Å². The van der Waals surface area contributed by atoms with Gasteiger partial charge in [0.15, 0.2) is 0 Å². The highest BCUT2D eigenvalue weighted by Gasteiger charge is 2.37. The molecule has 2 aliphatic rings. The molecular weight excluding hydrogens is 254 g/mol. The van der Waals surface area contributed by atoms with Gasteiger partial charge in [0.25, 0.3) is 0 Å². The minimum absolute atomic E-state index is 0.0966. The summed E-state index contributed by atoms with van der Waals surface area (Å²) in [4.78, 5) is 13.5. The molecule has 1 N–H and O–H groups in total. The molecular formula is C16H29NO3. The smallest absolute Gasteiger partial charge is 0.305 e. The average Bonchev–Trinajstić information content (AvgIpc) is 2.92. The van der Waals surface area contributed by atoms with E-state index in [-0.39, 0.29) is 5.54 Å². The summed E-state index contributed by atoms with van der Waals surface area (Å²) in [6.45, 7) is 1.91. The van der Waals surface area contributed by atoms with Crippen LogP contribution in [0.2, 0.25) is 0 Å². The monoisotopic (exact) mass is 283 g/mol. The van der Waals surface area contributed by atoms with E-state index in [0.717, 1.165) is 38.8 Å². The van der Waals surface area contributed by atoms with Gasteiger partial charge in [-0.1, -0.05) is 19.3 Å². The lowest BCUT2D eigenvalue weighted by Crippen LogP contribution is -2.49. The zero-order chi connectivity index (χ0) is 14.4. The molecule has 0 spiro atoms. The Labute approximate surface area is 122 Å². The fraction of sp³-hybridized carbons (Fsp3) is 0.938. The Bertz CT molecular complexity index is 307. The largest absolute Gasteiger partial charge is 0.481 e. The number of carbonyl (C=O) groups is 1. The van der Waals surface area contributed by atoms with E-state index in [2.05, 4.69) is 11.9 Å². The van der Waals surface area contributed by atoms with Gasteiger partial charge in [-0.2, -0.15) is 0 Å². The van der Waals surface area contributed by atoms with Crippen LogP contribution in [0.4, 0.5) is 0 Å². The van der Waals surface area contributed by atoms with E-state index >= 15 is 0 Å². The van der Waals surface area contributed by atoms with Gasteiger partial charge in [-0.25, -0.2) is 0 Å². The molecule has 20 heavy (non-hydrogen) atoms. The normalized spacial score (nSPS) is 26.0. The molecule has 0 amide bonds. The van der Waals surface area contributed by atoms with Crippen molar-refractivity contribution in [3.8, 4) is 0 Å². The van der Waals surface area contributed by atoms with Crippen LogP contribution in [0, 0.1) is 0 Å². The Kier molecular flexibility index (Phi) is 5.85. The summed E-state index contributed by atoms with van der Waals surface area (Å²) in [7, 11) is 2.11. The van der Waals surface area contributed by atoms with Crippen molar-refractivity contribution in [1.82, 2.24) is 4.90 Å². The number of carboxylic acids is 1. The number of rotatable bonds is 7. The van der Waals surface area contributed by atoms with Gasteiger partial charge in [0, 0.05) is 12.1 Å². The highest BCUT2D eigenvalue weighted by molar-refractivity contribution is 5.68. The third-order valence-electron chi connectivity index (χ3n) is 5.12. The first-order valence-corrected chi connectivity index (χ1v) is 8.17. The molecule has 1 saturated carbocycles. The molecule has 0 aromatic carbocycles. The van der Waals surface area contributed by atoms with E-state index in [0.29, 0.717) is 12.5 Å². The molecule has 4 heteroatoms. The first-order chi connectivity index (χ1) is 9.62. The molecule has 4 nitrogen and oxygen atoms in total. The van der Waals surface area contributed by atoms with Gasteiger partial charge in [-0.05, 0) is 52.1 Å². The van der Waals surface area contributed by atoms with Crippen molar-refractivity contribution in [1.29, 1.82) is 0 Å². The quantitative estimate of drug-likeness (QED) is 0.780. The molecule has 2 rings (SSSR count). The number of ether oxygens (including phenoxy) is 1. The van der Waals surface area contributed by atoms with Gasteiger partial charge >= 0.3 is 5.97 Å². The van der Waals surface area contributed by atoms with Crippen molar-refractivity contribution >= 4 is 5.97 Å². The number of aliphatic carboxylic acids is 1. The van der Waals surface area contributed by atoms with Crippen molar-refractivity contribution in [3.63, 3.8) is 0 Å². The Hall–Kier alpha value is -0.610. The molecule has 2 fully saturated rings. The van der Waals surface area contributed by atoms with E-state index in [1.165, 1.54) is 32.1 Å². The van der Waals surface area contributed by atoms with Crippen LogP contribution in [0.1, 0.15) is 64.2 Å². The van der Waals surface area contributed by atoms with Crippen molar-refractivity contribution in [3.05, 3.63) is 0 Å². The van der Waals surface area contributed by atoms with Gasteiger partial charge in [0.1, 0.15) is 0 Å². The average molecular weight is 283 g/mol. The van der Waals surface area contributed by atoms with Crippen LogP contribution < -0.4 is 0 Å². The minimum Gasteiger partial charge on any atom is -0.481 e. The van der Waals surface area contributed by atoms with Crippen molar-refractivity contribution in [2.24, 2.45) is 0 Å². The lowest BCUT2D eigenvalue weighted by atomic mass is 9.78. The molecule has 1 unspecified atom stereocenters. The van der Waals surface area contributed by atoms with Crippen molar-refractivity contribution in [2.45, 2.75) is 75.9 Å². The van der Waals surface area contributed by atoms with Gasteiger partial charge < -0.3 is 14.7 Å². The SMILES string of the molecule is CN(CCCC1CCCO1)C1(CC(=O)O)CCCCC1.